The molecule has 0 bridgehead atoms. The number of H-pyrrole nitrogens is 1. The first-order chi connectivity index (χ1) is 17.0. The Morgan fingerprint density at radius 2 is 2.14 bits per heavy atom. The zero-order chi connectivity index (χ0) is 24.4. The highest BCUT2D eigenvalue weighted by molar-refractivity contribution is 5.79. The van der Waals surface area contributed by atoms with E-state index < -0.39 is 0 Å². The lowest BCUT2D eigenvalue weighted by Gasteiger charge is -2.35. The summed E-state index contributed by atoms with van der Waals surface area (Å²) in [6, 6.07) is 11.7. The minimum atomic E-state index is -0.114. The molecular weight excluding hydrogens is 444 g/mol. The molecule has 1 aliphatic heterocycles. The van der Waals surface area contributed by atoms with Crippen LogP contribution in [0.3, 0.4) is 0 Å². The van der Waals surface area contributed by atoms with Gasteiger partial charge in [0.1, 0.15) is 12.3 Å². The van der Waals surface area contributed by atoms with Crippen LogP contribution in [0.15, 0.2) is 51.9 Å². The second kappa shape index (κ2) is 10.1. The normalized spacial score (nSPS) is 17.1. The van der Waals surface area contributed by atoms with Crippen molar-refractivity contribution in [3.8, 4) is 0 Å². The van der Waals surface area contributed by atoms with Crippen LogP contribution in [0.5, 0.6) is 0 Å². The molecule has 0 saturated carbocycles. The Labute approximate surface area is 204 Å². The summed E-state index contributed by atoms with van der Waals surface area (Å²) in [5.74, 6) is 1.73. The molecule has 2 atom stereocenters. The maximum absolute atomic E-state index is 13.1. The molecule has 4 heterocycles. The van der Waals surface area contributed by atoms with Crippen LogP contribution in [0.1, 0.15) is 55.4 Å². The van der Waals surface area contributed by atoms with Gasteiger partial charge in [-0.1, -0.05) is 25.5 Å². The Balaban J connectivity index is 1.51. The van der Waals surface area contributed by atoms with Crippen LogP contribution >= 0.6 is 0 Å². The number of nitrogens with one attached hydrogen (secondary N) is 1. The summed E-state index contributed by atoms with van der Waals surface area (Å²) in [6.45, 7) is 8.76. The number of furan rings is 1. The Morgan fingerprint density at radius 3 is 2.89 bits per heavy atom. The van der Waals surface area contributed by atoms with Gasteiger partial charge in [0.2, 0.25) is 0 Å². The van der Waals surface area contributed by atoms with Crippen molar-refractivity contribution >= 4 is 10.9 Å². The summed E-state index contributed by atoms with van der Waals surface area (Å²) in [4.78, 5) is 18.4. The fourth-order valence-corrected chi connectivity index (χ4v) is 5.00. The van der Waals surface area contributed by atoms with Gasteiger partial charge in [-0.05, 0) is 71.8 Å². The quantitative estimate of drug-likeness (QED) is 0.391. The minimum absolute atomic E-state index is 0.0728. The number of hydrogen-bond donors (Lipinski definition) is 1. The summed E-state index contributed by atoms with van der Waals surface area (Å²) >= 11 is 0. The Kier molecular flexibility index (Phi) is 6.79. The van der Waals surface area contributed by atoms with Crippen molar-refractivity contribution in [2.24, 2.45) is 5.92 Å². The summed E-state index contributed by atoms with van der Waals surface area (Å²) in [5.41, 5.74) is 2.65. The van der Waals surface area contributed by atoms with E-state index in [0.29, 0.717) is 19.6 Å². The molecule has 2 unspecified atom stereocenters. The van der Waals surface area contributed by atoms with E-state index in [2.05, 4.69) is 52.2 Å². The van der Waals surface area contributed by atoms with Crippen molar-refractivity contribution in [2.75, 3.05) is 13.2 Å². The van der Waals surface area contributed by atoms with Crippen molar-refractivity contribution < 1.29 is 9.15 Å². The summed E-state index contributed by atoms with van der Waals surface area (Å²) in [5, 5.41) is 13.7. The van der Waals surface area contributed by atoms with Gasteiger partial charge in [0.15, 0.2) is 5.82 Å². The van der Waals surface area contributed by atoms with Gasteiger partial charge in [-0.25, -0.2) is 4.68 Å². The van der Waals surface area contributed by atoms with E-state index in [1.807, 2.05) is 30.3 Å². The molecule has 3 aromatic heterocycles. The molecule has 1 fully saturated rings. The van der Waals surface area contributed by atoms with Gasteiger partial charge in [0.05, 0.1) is 18.4 Å². The highest BCUT2D eigenvalue weighted by Crippen LogP contribution is 2.30. The van der Waals surface area contributed by atoms with Gasteiger partial charge in [0.25, 0.3) is 5.56 Å². The highest BCUT2D eigenvalue weighted by atomic mass is 16.5. The van der Waals surface area contributed by atoms with Gasteiger partial charge in [-0.15, -0.1) is 5.10 Å². The number of ether oxygens (including phenoxy) is 1. The number of fused-ring (bicyclic) bond motifs is 1. The van der Waals surface area contributed by atoms with E-state index >= 15 is 0 Å². The third-order valence-corrected chi connectivity index (χ3v) is 6.65. The van der Waals surface area contributed by atoms with Gasteiger partial charge in [0, 0.05) is 30.8 Å². The molecule has 5 rings (SSSR count). The molecule has 0 amide bonds. The summed E-state index contributed by atoms with van der Waals surface area (Å²) in [7, 11) is 0. The van der Waals surface area contributed by atoms with Crippen molar-refractivity contribution in [3.63, 3.8) is 0 Å². The second-order valence-electron chi connectivity index (χ2n) is 9.74. The first-order valence-corrected chi connectivity index (χ1v) is 12.2. The average molecular weight is 477 g/mol. The first kappa shape index (κ1) is 23.4. The predicted molar refractivity (Wildman–Crippen MR) is 132 cm³/mol. The Bertz CT molecular complexity index is 1320. The number of aryl methyl sites for hydroxylation is 1. The topological polar surface area (TPSA) is 102 Å². The number of hydrogen-bond acceptors (Lipinski definition) is 7. The number of nitrogens with zero attached hydrogens (tertiary/aromatic N) is 5. The fraction of sp³-hybridized carbons (Fsp3) is 0.462. The van der Waals surface area contributed by atoms with Crippen LogP contribution in [0, 0.1) is 12.8 Å². The van der Waals surface area contributed by atoms with Crippen LogP contribution in [-0.2, 0) is 17.8 Å². The molecule has 1 N–H and O–H groups in total. The lowest BCUT2D eigenvalue weighted by Crippen LogP contribution is -2.40. The minimum Gasteiger partial charge on any atom is -0.467 e. The van der Waals surface area contributed by atoms with E-state index in [1.54, 1.807) is 10.9 Å². The number of pyridine rings is 1. The van der Waals surface area contributed by atoms with Crippen LogP contribution in [-0.4, -0.2) is 49.3 Å². The number of rotatable bonds is 9. The second-order valence-corrected chi connectivity index (χ2v) is 9.74. The van der Waals surface area contributed by atoms with Crippen LogP contribution in [0.25, 0.3) is 10.9 Å². The fourth-order valence-electron chi connectivity index (χ4n) is 5.00. The maximum Gasteiger partial charge on any atom is 0.252 e. The van der Waals surface area contributed by atoms with Crippen LogP contribution in [0.2, 0.25) is 0 Å². The molecule has 1 aromatic carbocycles. The first-order valence-electron chi connectivity index (χ1n) is 12.2. The van der Waals surface area contributed by atoms with E-state index in [0.717, 1.165) is 53.1 Å². The van der Waals surface area contributed by atoms with Crippen molar-refractivity contribution in [3.05, 3.63) is 75.7 Å². The molecule has 1 aliphatic rings. The highest BCUT2D eigenvalue weighted by Gasteiger charge is 2.32. The zero-order valence-electron chi connectivity index (χ0n) is 20.5. The lowest BCUT2D eigenvalue weighted by molar-refractivity contribution is 0.0384. The van der Waals surface area contributed by atoms with Crippen molar-refractivity contribution in [2.45, 2.75) is 58.8 Å². The van der Waals surface area contributed by atoms with E-state index in [9.17, 15) is 4.79 Å². The standard InChI is InChI=1S/C26H32N6O3/c1-17(2)24(25-28-29-30-32(25)16-22-7-5-11-35-22)31(15-21-6-4-10-34-21)14-20-13-19-12-18(3)8-9-23(19)27-26(20)33/h5,7-9,11-13,17,21,24H,4,6,10,14-16H2,1-3H3,(H,27,33). The smallest absolute Gasteiger partial charge is 0.252 e. The summed E-state index contributed by atoms with van der Waals surface area (Å²) in [6.07, 6.45) is 3.83. The van der Waals surface area contributed by atoms with Crippen molar-refractivity contribution in [1.29, 1.82) is 0 Å². The molecule has 184 valence electrons. The molecular formula is C26H32N6O3. The molecule has 9 heteroatoms. The predicted octanol–water partition coefficient (Wildman–Crippen LogP) is 3.84. The van der Waals surface area contributed by atoms with Crippen molar-refractivity contribution in [1.82, 2.24) is 30.1 Å². The SMILES string of the molecule is Cc1ccc2[nH]c(=O)c(CN(CC3CCCO3)C(c3nnnn3Cc3ccco3)C(C)C)cc2c1. The van der Waals surface area contributed by atoms with Crippen LogP contribution in [0.4, 0.5) is 0 Å². The maximum atomic E-state index is 13.1. The largest absolute Gasteiger partial charge is 0.467 e. The number of aromatic amines is 1. The van der Waals surface area contributed by atoms with E-state index in [-0.39, 0.29) is 23.6 Å². The average Bonchev–Trinajstić information content (AvgIpc) is 3.59. The molecule has 9 nitrogen and oxygen atoms in total. The molecule has 0 aliphatic carbocycles. The van der Waals surface area contributed by atoms with Gasteiger partial charge in [-0.3, -0.25) is 9.69 Å². The Morgan fingerprint density at radius 1 is 1.26 bits per heavy atom. The molecule has 0 spiro atoms. The van der Waals surface area contributed by atoms with Gasteiger partial charge in [-0.2, -0.15) is 0 Å². The molecule has 1 saturated heterocycles. The zero-order valence-corrected chi connectivity index (χ0v) is 20.5. The number of tetrazole rings is 1. The molecule has 4 aromatic rings. The number of aromatic nitrogens is 5. The lowest BCUT2D eigenvalue weighted by atomic mass is 9.99. The van der Waals surface area contributed by atoms with E-state index in [1.165, 1.54) is 0 Å². The van der Waals surface area contributed by atoms with E-state index in [4.69, 9.17) is 9.15 Å². The molecule has 35 heavy (non-hydrogen) atoms. The third-order valence-electron chi connectivity index (χ3n) is 6.65. The van der Waals surface area contributed by atoms with Gasteiger partial charge >= 0.3 is 0 Å². The molecule has 0 radical (unpaired) electrons. The summed E-state index contributed by atoms with van der Waals surface area (Å²) < 4.78 is 13.3. The van der Waals surface area contributed by atoms with Crippen LogP contribution < -0.4 is 5.56 Å². The van der Waals surface area contributed by atoms with Gasteiger partial charge < -0.3 is 14.1 Å². The number of benzene rings is 1. The third kappa shape index (κ3) is 5.21. The monoisotopic (exact) mass is 476 g/mol. The Hall–Kier alpha value is -3.30.